The first kappa shape index (κ1) is 13.0. The van der Waals surface area contributed by atoms with Crippen LogP contribution in [0, 0.1) is 17.8 Å². The van der Waals surface area contributed by atoms with Crippen molar-refractivity contribution in [2.24, 2.45) is 23.5 Å². The SMILES string of the molecule is CCC(C)CC(N)C1CCCC(CC)C1. The first-order valence-corrected chi connectivity index (χ1v) is 6.92. The van der Waals surface area contributed by atoms with Crippen LogP contribution >= 0.6 is 0 Å². The van der Waals surface area contributed by atoms with Crippen molar-refractivity contribution >= 4 is 0 Å². The molecule has 4 atom stereocenters. The Morgan fingerprint density at radius 1 is 1.27 bits per heavy atom. The van der Waals surface area contributed by atoms with E-state index in [1.807, 2.05) is 0 Å². The summed E-state index contributed by atoms with van der Waals surface area (Å²) in [5.74, 6) is 2.59. The molecule has 0 amide bonds. The van der Waals surface area contributed by atoms with Crippen LogP contribution in [0.1, 0.15) is 65.7 Å². The van der Waals surface area contributed by atoms with Crippen LogP contribution in [0.2, 0.25) is 0 Å². The van der Waals surface area contributed by atoms with E-state index in [-0.39, 0.29) is 0 Å². The Hall–Kier alpha value is -0.0400. The van der Waals surface area contributed by atoms with Crippen LogP contribution in [0.4, 0.5) is 0 Å². The Kier molecular flexibility index (Phi) is 5.66. The van der Waals surface area contributed by atoms with Gasteiger partial charge >= 0.3 is 0 Å². The number of hydrogen-bond acceptors (Lipinski definition) is 1. The Morgan fingerprint density at radius 3 is 2.60 bits per heavy atom. The van der Waals surface area contributed by atoms with Crippen molar-refractivity contribution in [3.05, 3.63) is 0 Å². The second-order valence-corrected chi connectivity index (χ2v) is 5.61. The van der Waals surface area contributed by atoms with Gasteiger partial charge in [0, 0.05) is 6.04 Å². The maximum absolute atomic E-state index is 6.34. The summed E-state index contributed by atoms with van der Waals surface area (Å²) in [7, 11) is 0. The second-order valence-electron chi connectivity index (χ2n) is 5.61. The minimum Gasteiger partial charge on any atom is -0.327 e. The van der Waals surface area contributed by atoms with E-state index >= 15 is 0 Å². The minimum atomic E-state index is 0.467. The molecule has 0 aromatic carbocycles. The van der Waals surface area contributed by atoms with Gasteiger partial charge in [0.2, 0.25) is 0 Å². The van der Waals surface area contributed by atoms with E-state index in [1.165, 1.54) is 44.9 Å². The van der Waals surface area contributed by atoms with Crippen LogP contribution in [0.15, 0.2) is 0 Å². The third-order valence-electron chi connectivity index (χ3n) is 4.38. The first-order valence-electron chi connectivity index (χ1n) is 6.92. The maximum atomic E-state index is 6.34. The van der Waals surface area contributed by atoms with Crippen LogP contribution in [0.3, 0.4) is 0 Å². The highest BCUT2D eigenvalue weighted by Gasteiger charge is 2.26. The summed E-state index contributed by atoms with van der Waals surface area (Å²) < 4.78 is 0. The van der Waals surface area contributed by atoms with E-state index in [4.69, 9.17) is 5.73 Å². The summed E-state index contributed by atoms with van der Waals surface area (Å²) in [5.41, 5.74) is 6.34. The van der Waals surface area contributed by atoms with E-state index < -0.39 is 0 Å². The fraction of sp³-hybridized carbons (Fsp3) is 1.00. The normalized spacial score (nSPS) is 31.2. The van der Waals surface area contributed by atoms with Crippen molar-refractivity contribution in [1.82, 2.24) is 0 Å². The zero-order valence-electron chi connectivity index (χ0n) is 10.8. The van der Waals surface area contributed by atoms with E-state index in [0.29, 0.717) is 6.04 Å². The summed E-state index contributed by atoms with van der Waals surface area (Å²) in [5, 5.41) is 0. The van der Waals surface area contributed by atoms with Gasteiger partial charge in [-0.3, -0.25) is 0 Å². The molecule has 15 heavy (non-hydrogen) atoms. The quantitative estimate of drug-likeness (QED) is 0.731. The lowest BCUT2D eigenvalue weighted by molar-refractivity contribution is 0.212. The summed E-state index contributed by atoms with van der Waals surface area (Å²) >= 11 is 0. The summed E-state index contributed by atoms with van der Waals surface area (Å²) in [6, 6.07) is 0.467. The summed E-state index contributed by atoms with van der Waals surface area (Å²) in [6.07, 6.45) is 9.50. The van der Waals surface area contributed by atoms with Gasteiger partial charge in [0.05, 0.1) is 0 Å². The van der Waals surface area contributed by atoms with Gasteiger partial charge in [-0.05, 0) is 37.0 Å². The van der Waals surface area contributed by atoms with Crippen molar-refractivity contribution in [2.45, 2.75) is 71.8 Å². The van der Waals surface area contributed by atoms with E-state index in [1.54, 1.807) is 0 Å². The van der Waals surface area contributed by atoms with Gasteiger partial charge in [0.15, 0.2) is 0 Å². The molecule has 0 radical (unpaired) electrons. The zero-order chi connectivity index (χ0) is 11.3. The molecule has 0 aliphatic heterocycles. The molecule has 1 heteroatoms. The van der Waals surface area contributed by atoms with Gasteiger partial charge in [-0.1, -0.05) is 46.5 Å². The minimum absolute atomic E-state index is 0.467. The lowest BCUT2D eigenvalue weighted by Gasteiger charge is -2.33. The fourth-order valence-electron chi connectivity index (χ4n) is 2.92. The third kappa shape index (κ3) is 4.14. The molecule has 1 saturated carbocycles. The van der Waals surface area contributed by atoms with E-state index in [0.717, 1.165) is 17.8 Å². The molecule has 1 fully saturated rings. The Balaban J connectivity index is 2.34. The van der Waals surface area contributed by atoms with Gasteiger partial charge in [-0.2, -0.15) is 0 Å². The van der Waals surface area contributed by atoms with Gasteiger partial charge in [-0.15, -0.1) is 0 Å². The van der Waals surface area contributed by atoms with Crippen LogP contribution in [-0.4, -0.2) is 6.04 Å². The lowest BCUT2D eigenvalue weighted by atomic mass is 9.75. The Bertz CT molecular complexity index is 167. The molecule has 90 valence electrons. The van der Waals surface area contributed by atoms with Crippen molar-refractivity contribution in [1.29, 1.82) is 0 Å². The predicted octanol–water partition coefficient (Wildman–Crippen LogP) is 3.97. The number of rotatable bonds is 5. The zero-order valence-corrected chi connectivity index (χ0v) is 10.8. The highest BCUT2D eigenvalue weighted by molar-refractivity contribution is 4.81. The number of hydrogen-bond donors (Lipinski definition) is 1. The Morgan fingerprint density at radius 2 is 2.00 bits per heavy atom. The molecule has 1 aliphatic rings. The first-order chi connectivity index (χ1) is 7.17. The molecule has 1 aliphatic carbocycles. The molecule has 0 heterocycles. The molecular formula is C14H29N. The second kappa shape index (κ2) is 6.52. The molecular weight excluding hydrogens is 182 g/mol. The van der Waals surface area contributed by atoms with Gasteiger partial charge in [0.1, 0.15) is 0 Å². The van der Waals surface area contributed by atoms with Gasteiger partial charge in [-0.25, -0.2) is 0 Å². The molecule has 1 nitrogen and oxygen atoms in total. The van der Waals surface area contributed by atoms with Gasteiger partial charge in [0.25, 0.3) is 0 Å². The van der Waals surface area contributed by atoms with Crippen molar-refractivity contribution in [2.75, 3.05) is 0 Å². The highest BCUT2D eigenvalue weighted by Crippen LogP contribution is 2.33. The average molecular weight is 211 g/mol. The molecule has 1 rings (SSSR count). The Labute approximate surface area is 95.8 Å². The summed E-state index contributed by atoms with van der Waals surface area (Å²) in [4.78, 5) is 0. The predicted molar refractivity (Wildman–Crippen MR) is 67.8 cm³/mol. The molecule has 2 N–H and O–H groups in total. The lowest BCUT2D eigenvalue weighted by Crippen LogP contribution is -2.35. The molecule has 0 aromatic rings. The number of nitrogens with two attached hydrogens (primary N) is 1. The highest BCUT2D eigenvalue weighted by atomic mass is 14.7. The van der Waals surface area contributed by atoms with Crippen molar-refractivity contribution in [3.8, 4) is 0 Å². The fourth-order valence-corrected chi connectivity index (χ4v) is 2.92. The molecule has 4 unspecified atom stereocenters. The van der Waals surface area contributed by atoms with Crippen molar-refractivity contribution in [3.63, 3.8) is 0 Å². The largest absolute Gasteiger partial charge is 0.327 e. The molecule has 0 bridgehead atoms. The van der Waals surface area contributed by atoms with Gasteiger partial charge < -0.3 is 5.73 Å². The van der Waals surface area contributed by atoms with Crippen molar-refractivity contribution < 1.29 is 0 Å². The molecule has 0 aromatic heterocycles. The third-order valence-corrected chi connectivity index (χ3v) is 4.38. The average Bonchev–Trinajstić information content (AvgIpc) is 2.28. The standard InChI is InChI=1S/C14H29N/c1-4-11(3)9-14(15)13-8-6-7-12(5-2)10-13/h11-14H,4-10,15H2,1-3H3. The van der Waals surface area contributed by atoms with Crippen LogP contribution in [0.25, 0.3) is 0 Å². The molecule has 0 spiro atoms. The van der Waals surface area contributed by atoms with E-state index in [9.17, 15) is 0 Å². The maximum Gasteiger partial charge on any atom is 0.00697 e. The molecule has 0 saturated heterocycles. The topological polar surface area (TPSA) is 26.0 Å². The van der Waals surface area contributed by atoms with Crippen LogP contribution in [-0.2, 0) is 0 Å². The van der Waals surface area contributed by atoms with Crippen LogP contribution < -0.4 is 5.73 Å². The monoisotopic (exact) mass is 211 g/mol. The van der Waals surface area contributed by atoms with Crippen LogP contribution in [0.5, 0.6) is 0 Å². The smallest absolute Gasteiger partial charge is 0.00697 e. The summed E-state index contributed by atoms with van der Waals surface area (Å²) in [6.45, 7) is 6.93. The van der Waals surface area contributed by atoms with E-state index in [2.05, 4.69) is 20.8 Å².